The van der Waals surface area contributed by atoms with Gasteiger partial charge in [0.1, 0.15) is 5.82 Å². The van der Waals surface area contributed by atoms with Crippen LogP contribution in [0.3, 0.4) is 0 Å². The number of benzene rings is 1. The summed E-state index contributed by atoms with van der Waals surface area (Å²) in [5.41, 5.74) is 1.69. The first-order chi connectivity index (χ1) is 13.0. The summed E-state index contributed by atoms with van der Waals surface area (Å²) in [4.78, 5) is 31.8. The second-order valence-corrected chi connectivity index (χ2v) is 6.95. The van der Waals surface area contributed by atoms with Crippen molar-refractivity contribution in [2.24, 2.45) is 0 Å². The summed E-state index contributed by atoms with van der Waals surface area (Å²) in [5.74, 6) is -1.22. The van der Waals surface area contributed by atoms with Gasteiger partial charge >= 0.3 is 0 Å². The summed E-state index contributed by atoms with van der Waals surface area (Å²) in [7, 11) is 0. The highest BCUT2D eigenvalue weighted by Gasteiger charge is 2.40. The van der Waals surface area contributed by atoms with Crippen molar-refractivity contribution >= 4 is 22.7 Å². The van der Waals surface area contributed by atoms with Crippen molar-refractivity contribution in [2.45, 2.75) is 32.7 Å². The first-order valence-electron chi connectivity index (χ1n) is 8.94. The standard InChI is InChI=1S/C20H19FN4O2/c1-12(2)18-17-16(14-11-13(21)5-6-15(14)23-18)19(26)25(20(17)27)10-4-9-24-8-3-7-22-24/h3,5-8,11-12H,4,9-10H2,1-2H3. The fourth-order valence-electron chi connectivity index (χ4n) is 3.50. The maximum absolute atomic E-state index is 13.8. The average molecular weight is 366 g/mol. The number of hydrogen-bond donors (Lipinski definition) is 0. The highest BCUT2D eigenvalue weighted by Crippen LogP contribution is 2.34. The molecule has 0 atom stereocenters. The van der Waals surface area contributed by atoms with Gasteiger partial charge in [0.2, 0.25) is 0 Å². The van der Waals surface area contributed by atoms with E-state index in [0.717, 1.165) is 0 Å². The third kappa shape index (κ3) is 2.89. The third-order valence-electron chi connectivity index (χ3n) is 4.77. The Bertz CT molecular complexity index is 1040. The van der Waals surface area contributed by atoms with Crippen LogP contribution >= 0.6 is 0 Å². The van der Waals surface area contributed by atoms with Gasteiger partial charge in [0.15, 0.2) is 0 Å². The van der Waals surface area contributed by atoms with Gasteiger partial charge in [-0.05, 0) is 36.6 Å². The minimum Gasteiger partial charge on any atom is -0.274 e. The lowest BCUT2D eigenvalue weighted by Gasteiger charge is -2.14. The van der Waals surface area contributed by atoms with Crippen LogP contribution in [0.25, 0.3) is 10.9 Å². The van der Waals surface area contributed by atoms with E-state index in [0.29, 0.717) is 35.1 Å². The molecule has 3 heterocycles. The van der Waals surface area contributed by atoms with E-state index in [4.69, 9.17) is 0 Å². The van der Waals surface area contributed by atoms with Crippen LogP contribution in [0.2, 0.25) is 0 Å². The summed E-state index contributed by atoms with van der Waals surface area (Å²) < 4.78 is 15.6. The molecule has 7 heteroatoms. The molecule has 0 saturated heterocycles. The lowest BCUT2D eigenvalue weighted by molar-refractivity contribution is 0.0650. The lowest BCUT2D eigenvalue weighted by Crippen LogP contribution is -2.31. The average Bonchev–Trinajstić information content (AvgIpc) is 3.23. The summed E-state index contributed by atoms with van der Waals surface area (Å²) in [6, 6.07) is 5.97. The minimum absolute atomic E-state index is 0.0334. The normalized spacial score (nSPS) is 13.9. The number of aryl methyl sites for hydroxylation is 1. The van der Waals surface area contributed by atoms with E-state index in [1.54, 1.807) is 16.9 Å². The van der Waals surface area contributed by atoms with E-state index in [1.165, 1.54) is 17.0 Å². The molecule has 6 nitrogen and oxygen atoms in total. The van der Waals surface area contributed by atoms with E-state index in [-0.39, 0.29) is 29.8 Å². The summed E-state index contributed by atoms with van der Waals surface area (Å²) in [6.07, 6.45) is 4.10. The molecule has 1 aliphatic rings. The second-order valence-electron chi connectivity index (χ2n) is 6.95. The highest BCUT2D eigenvalue weighted by atomic mass is 19.1. The van der Waals surface area contributed by atoms with Crippen molar-refractivity contribution in [3.63, 3.8) is 0 Å². The number of nitrogens with zero attached hydrogens (tertiary/aromatic N) is 4. The number of carbonyl (C=O) groups excluding carboxylic acids is 2. The van der Waals surface area contributed by atoms with Gasteiger partial charge < -0.3 is 0 Å². The molecule has 0 saturated carbocycles. The Morgan fingerprint density at radius 1 is 1.11 bits per heavy atom. The minimum atomic E-state index is -0.457. The Balaban J connectivity index is 1.73. The van der Waals surface area contributed by atoms with Gasteiger partial charge in [0, 0.05) is 30.9 Å². The van der Waals surface area contributed by atoms with Crippen molar-refractivity contribution in [1.29, 1.82) is 0 Å². The van der Waals surface area contributed by atoms with Crippen LogP contribution in [0.15, 0.2) is 36.7 Å². The number of pyridine rings is 1. The number of halogens is 1. The molecule has 0 aliphatic carbocycles. The van der Waals surface area contributed by atoms with Crippen LogP contribution < -0.4 is 0 Å². The maximum Gasteiger partial charge on any atom is 0.263 e. The van der Waals surface area contributed by atoms with Gasteiger partial charge in [0.05, 0.1) is 22.3 Å². The molecule has 0 radical (unpaired) electrons. The maximum atomic E-state index is 13.8. The van der Waals surface area contributed by atoms with Gasteiger partial charge in [-0.2, -0.15) is 5.10 Å². The monoisotopic (exact) mass is 366 g/mol. The molecule has 3 aromatic rings. The van der Waals surface area contributed by atoms with Crippen LogP contribution in [0.5, 0.6) is 0 Å². The van der Waals surface area contributed by atoms with E-state index >= 15 is 0 Å². The van der Waals surface area contributed by atoms with Crippen LogP contribution in [0, 0.1) is 5.82 Å². The Labute approximate surface area is 155 Å². The fourth-order valence-corrected chi connectivity index (χ4v) is 3.50. The highest BCUT2D eigenvalue weighted by molar-refractivity contribution is 6.26. The third-order valence-corrected chi connectivity index (χ3v) is 4.77. The Hall–Kier alpha value is -3.09. The summed E-state index contributed by atoms with van der Waals surface area (Å²) in [6.45, 7) is 4.73. The molecule has 0 unspecified atom stereocenters. The topological polar surface area (TPSA) is 68.1 Å². The van der Waals surface area contributed by atoms with Crippen molar-refractivity contribution in [2.75, 3.05) is 6.54 Å². The van der Waals surface area contributed by atoms with E-state index in [2.05, 4.69) is 10.1 Å². The van der Waals surface area contributed by atoms with Gasteiger partial charge in [-0.25, -0.2) is 4.39 Å². The Kier molecular flexibility index (Phi) is 4.22. The Morgan fingerprint density at radius 3 is 2.59 bits per heavy atom. The van der Waals surface area contributed by atoms with Gasteiger partial charge in [0.25, 0.3) is 11.8 Å². The van der Waals surface area contributed by atoms with Crippen molar-refractivity contribution in [1.82, 2.24) is 19.7 Å². The predicted octanol–water partition coefficient (Wildman–Crippen LogP) is 3.38. The zero-order chi connectivity index (χ0) is 19.1. The van der Waals surface area contributed by atoms with E-state index in [1.807, 2.05) is 26.1 Å². The number of carbonyl (C=O) groups is 2. The van der Waals surface area contributed by atoms with Crippen molar-refractivity contribution in [3.05, 3.63) is 59.3 Å². The molecule has 27 heavy (non-hydrogen) atoms. The second kappa shape index (κ2) is 6.57. The van der Waals surface area contributed by atoms with Crippen LogP contribution in [0.1, 0.15) is 52.6 Å². The SMILES string of the molecule is CC(C)c1nc2ccc(F)cc2c2c1C(=O)N(CCCn1cccn1)C2=O. The predicted molar refractivity (Wildman–Crippen MR) is 98.0 cm³/mol. The van der Waals surface area contributed by atoms with E-state index < -0.39 is 5.82 Å². The molecule has 0 N–H and O–H groups in total. The van der Waals surface area contributed by atoms with Gasteiger partial charge in [-0.15, -0.1) is 0 Å². The number of fused-ring (bicyclic) bond motifs is 3. The first-order valence-corrected chi connectivity index (χ1v) is 8.94. The molecule has 2 amide bonds. The largest absolute Gasteiger partial charge is 0.274 e. The van der Waals surface area contributed by atoms with Crippen LogP contribution in [0.4, 0.5) is 4.39 Å². The molecule has 1 aromatic carbocycles. The molecular formula is C20H19FN4O2. The molecular weight excluding hydrogens is 347 g/mol. The Morgan fingerprint density at radius 2 is 1.89 bits per heavy atom. The number of aromatic nitrogens is 3. The summed E-state index contributed by atoms with van der Waals surface area (Å²) >= 11 is 0. The van der Waals surface area contributed by atoms with Crippen LogP contribution in [-0.2, 0) is 6.54 Å². The van der Waals surface area contributed by atoms with Gasteiger partial charge in [-0.3, -0.25) is 24.2 Å². The quantitative estimate of drug-likeness (QED) is 0.649. The smallest absolute Gasteiger partial charge is 0.263 e. The van der Waals surface area contributed by atoms with Gasteiger partial charge in [-0.1, -0.05) is 13.8 Å². The lowest BCUT2D eigenvalue weighted by atomic mass is 9.97. The molecule has 0 bridgehead atoms. The molecule has 1 aliphatic heterocycles. The van der Waals surface area contributed by atoms with Crippen LogP contribution in [-0.4, -0.2) is 38.0 Å². The molecule has 0 fully saturated rings. The van der Waals surface area contributed by atoms with Crippen molar-refractivity contribution < 1.29 is 14.0 Å². The molecule has 0 spiro atoms. The number of rotatable bonds is 5. The summed E-state index contributed by atoms with van der Waals surface area (Å²) in [5, 5.41) is 4.51. The zero-order valence-electron chi connectivity index (χ0n) is 15.1. The zero-order valence-corrected chi connectivity index (χ0v) is 15.1. The molecule has 138 valence electrons. The fraction of sp³-hybridized carbons (Fsp3) is 0.300. The molecule has 4 rings (SSSR count). The van der Waals surface area contributed by atoms with E-state index in [9.17, 15) is 14.0 Å². The number of imide groups is 1. The number of amides is 2. The first kappa shape index (κ1) is 17.3. The van der Waals surface area contributed by atoms with Crippen molar-refractivity contribution in [3.8, 4) is 0 Å². The molecule has 2 aromatic heterocycles. The number of hydrogen-bond acceptors (Lipinski definition) is 4.